The molecular weight excluding hydrogens is 783 g/mol. The third-order valence-corrected chi connectivity index (χ3v) is 12.5. The van der Waals surface area contributed by atoms with E-state index in [2.05, 4.69) is 278 Å². The highest BCUT2D eigenvalue weighted by Gasteiger charge is 2.23. The van der Waals surface area contributed by atoms with Gasteiger partial charge in [-0.15, -0.1) is 0 Å². The molecule has 0 fully saturated rings. The summed E-state index contributed by atoms with van der Waals surface area (Å²) in [5.41, 5.74) is 19.9. The van der Waals surface area contributed by atoms with Crippen LogP contribution >= 0.6 is 0 Å². The van der Waals surface area contributed by atoms with Gasteiger partial charge in [-0.05, 0) is 126 Å². The molecule has 11 rings (SSSR count). The highest BCUT2D eigenvalue weighted by Crippen LogP contribution is 2.48. The highest BCUT2D eigenvalue weighted by atomic mass is 15.1. The van der Waals surface area contributed by atoms with Gasteiger partial charge >= 0.3 is 0 Å². The van der Waals surface area contributed by atoms with Gasteiger partial charge in [-0.25, -0.2) is 0 Å². The number of fused-ring (bicyclic) bond motifs is 1. The van der Waals surface area contributed by atoms with Crippen LogP contribution in [0.4, 0.5) is 17.1 Å². The molecule has 0 aliphatic rings. The summed E-state index contributed by atoms with van der Waals surface area (Å²) in [5.74, 6) is 0. The highest BCUT2D eigenvalue weighted by molar-refractivity contribution is 6.01. The molecule has 11 aromatic rings. The molecule has 0 saturated heterocycles. The molecule has 0 aliphatic carbocycles. The van der Waals surface area contributed by atoms with Gasteiger partial charge in [-0.2, -0.15) is 0 Å². The third-order valence-electron chi connectivity index (χ3n) is 12.5. The van der Waals surface area contributed by atoms with Gasteiger partial charge in [0.25, 0.3) is 0 Å². The summed E-state index contributed by atoms with van der Waals surface area (Å²) >= 11 is 0. The Morgan fingerprint density at radius 2 is 0.569 bits per heavy atom. The summed E-state index contributed by atoms with van der Waals surface area (Å²) in [6, 6.07) is 98.9. The fraction of sp³-hybridized carbons (Fsp3) is 0. The van der Waals surface area contributed by atoms with Crippen LogP contribution < -0.4 is 4.90 Å². The molecule has 0 aromatic heterocycles. The van der Waals surface area contributed by atoms with Crippen LogP contribution in [0.25, 0.3) is 88.7 Å². The SMILES string of the molecule is c1ccc(-c2cccc(-c3ccc(N(c4ccc(-c5ccc(-c6ccc7ccccc7c6)cc5)cc4)c4cccc(-c5ccccc5)c4-c4ccccc4-c4ccccc4)cc3)c2)cc1. The Bertz CT molecular complexity index is 3370. The quantitative estimate of drug-likeness (QED) is 0.133. The summed E-state index contributed by atoms with van der Waals surface area (Å²) in [4.78, 5) is 2.43. The van der Waals surface area contributed by atoms with E-state index in [1.165, 1.54) is 88.7 Å². The molecule has 306 valence electrons. The summed E-state index contributed by atoms with van der Waals surface area (Å²) in [7, 11) is 0. The lowest BCUT2D eigenvalue weighted by Crippen LogP contribution is -2.12. The van der Waals surface area contributed by atoms with Crippen LogP contribution in [-0.2, 0) is 0 Å². The number of benzene rings is 11. The van der Waals surface area contributed by atoms with E-state index >= 15 is 0 Å². The Labute approximate surface area is 381 Å². The van der Waals surface area contributed by atoms with Crippen molar-refractivity contribution in [3.63, 3.8) is 0 Å². The van der Waals surface area contributed by atoms with Crippen molar-refractivity contribution < 1.29 is 0 Å². The molecule has 0 amide bonds. The van der Waals surface area contributed by atoms with Crippen LogP contribution in [0.3, 0.4) is 0 Å². The Hall–Kier alpha value is -8.52. The molecule has 11 aromatic carbocycles. The van der Waals surface area contributed by atoms with Crippen molar-refractivity contribution in [1.29, 1.82) is 0 Å². The van der Waals surface area contributed by atoms with E-state index in [0.29, 0.717) is 0 Å². The Morgan fingerprint density at radius 1 is 0.200 bits per heavy atom. The van der Waals surface area contributed by atoms with Crippen molar-refractivity contribution in [3.05, 3.63) is 273 Å². The first-order valence-corrected chi connectivity index (χ1v) is 22.3. The van der Waals surface area contributed by atoms with E-state index in [1.54, 1.807) is 0 Å². The standard InChI is InChI=1S/C64H45N/c1-4-16-46(17-5-1)55-24-14-25-56(44-55)51-38-42-59(43-39-51)65(58-40-36-49(37-41-58)48-30-32-50(33-31-48)57-35-34-47-18-10-11-23-54(47)45-57)63-29-15-28-61(53-21-8-3-9-22-53)64(63)62-27-13-12-26-60(62)52-19-6-2-7-20-52/h1-45H. The fourth-order valence-electron chi connectivity index (χ4n) is 9.20. The second-order valence-electron chi connectivity index (χ2n) is 16.5. The zero-order valence-electron chi connectivity index (χ0n) is 35.9. The molecule has 0 aliphatic heterocycles. The number of anilines is 3. The molecule has 1 heteroatoms. The molecular formula is C64H45N. The average Bonchev–Trinajstić information content (AvgIpc) is 3.40. The van der Waals surface area contributed by atoms with Gasteiger partial charge in [0, 0.05) is 16.9 Å². The number of hydrogen-bond acceptors (Lipinski definition) is 1. The molecule has 0 saturated carbocycles. The fourth-order valence-corrected chi connectivity index (χ4v) is 9.20. The Kier molecular flexibility index (Phi) is 10.7. The first-order chi connectivity index (χ1) is 32.2. The summed E-state index contributed by atoms with van der Waals surface area (Å²) in [6.07, 6.45) is 0. The summed E-state index contributed by atoms with van der Waals surface area (Å²) in [5, 5.41) is 2.51. The lowest BCUT2D eigenvalue weighted by atomic mass is 9.87. The van der Waals surface area contributed by atoms with Crippen LogP contribution in [0, 0.1) is 0 Å². The summed E-state index contributed by atoms with van der Waals surface area (Å²) < 4.78 is 0. The predicted molar refractivity (Wildman–Crippen MR) is 277 cm³/mol. The third kappa shape index (κ3) is 8.04. The smallest absolute Gasteiger partial charge is 0.0546 e. The summed E-state index contributed by atoms with van der Waals surface area (Å²) in [6.45, 7) is 0. The van der Waals surface area contributed by atoms with Crippen molar-refractivity contribution in [2.24, 2.45) is 0 Å². The molecule has 0 atom stereocenters. The van der Waals surface area contributed by atoms with Gasteiger partial charge in [-0.3, -0.25) is 0 Å². The van der Waals surface area contributed by atoms with Crippen LogP contribution in [0.2, 0.25) is 0 Å². The molecule has 0 unspecified atom stereocenters. The van der Waals surface area contributed by atoms with Crippen molar-refractivity contribution in [2.45, 2.75) is 0 Å². The lowest BCUT2D eigenvalue weighted by Gasteiger charge is -2.30. The minimum atomic E-state index is 1.07. The van der Waals surface area contributed by atoms with Crippen LogP contribution in [-0.4, -0.2) is 0 Å². The van der Waals surface area contributed by atoms with Gasteiger partial charge < -0.3 is 4.90 Å². The normalized spacial score (nSPS) is 11.1. The van der Waals surface area contributed by atoms with Crippen LogP contribution in [0.1, 0.15) is 0 Å². The van der Waals surface area contributed by atoms with E-state index < -0.39 is 0 Å². The second kappa shape index (κ2) is 17.7. The Balaban J connectivity index is 1.04. The average molecular weight is 828 g/mol. The molecule has 1 nitrogen and oxygen atoms in total. The maximum atomic E-state index is 2.43. The minimum absolute atomic E-state index is 1.07. The molecule has 0 heterocycles. The van der Waals surface area contributed by atoms with Gasteiger partial charge in [0.1, 0.15) is 0 Å². The molecule has 0 radical (unpaired) electrons. The maximum absolute atomic E-state index is 2.43. The van der Waals surface area contributed by atoms with E-state index in [9.17, 15) is 0 Å². The van der Waals surface area contributed by atoms with E-state index in [1.807, 2.05) is 0 Å². The van der Waals surface area contributed by atoms with Gasteiger partial charge in [0.05, 0.1) is 5.69 Å². The zero-order valence-corrected chi connectivity index (χ0v) is 35.9. The maximum Gasteiger partial charge on any atom is 0.0546 e. The van der Waals surface area contributed by atoms with Crippen molar-refractivity contribution in [2.75, 3.05) is 4.90 Å². The van der Waals surface area contributed by atoms with Gasteiger partial charge in [-0.1, -0.05) is 231 Å². The van der Waals surface area contributed by atoms with Crippen LogP contribution in [0.5, 0.6) is 0 Å². The molecule has 65 heavy (non-hydrogen) atoms. The number of hydrogen-bond donors (Lipinski definition) is 0. The molecule has 0 spiro atoms. The van der Waals surface area contributed by atoms with Gasteiger partial charge in [0.15, 0.2) is 0 Å². The largest absolute Gasteiger partial charge is 0.310 e. The van der Waals surface area contributed by atoms with Crippen molar-refractivity contribution >= 4 is 27.8 Å². The van der Waals surface area contributed by atoms with E-state index in [-0.39, 0.29) is 0 Å². The topological polar surface area (TPSA) is 3.24 Å². The second-order valence-corrected chi connectivity index (χ2v) is 16.5. The van der Waals surface area contributed by atoms with Crippen molar-refractivity contribution in [3.8, 4) is 77.9 Å². The monoisotopic (exact) mass is 827 g/mol. The first-order valence-electron chi connectivity index (χ1n) is 22.3. The number of nitrogens with zero attached hydrogens (tertiary/aromatic N) is 1. The first kappa shape index (κ1) is 39.3. The number of rotatable bonds is 10. The Morgan fingerprint density at radius 3 is 1.15 bits per heavy atom. The van der Waals surface area contributed by atoms with Crippen molar-refractivity contribution in [1.82, 2.24) is 0 Å². The predicted octanol–water partition coefficient (Wildman–Crippen LogP) is 18.0. The van der Waals surface area contributed by atoms with Gasteiger partial charge in [0.2, 0.25) is 0 Å². The lowest BCUT2D eigenvalue weighted by molar-refractivity contribution is 1.28. The minimum Gasteiger partial charge on any atom is -0.310 e. The molecule has 0 bridgehead atoms. The van der Waals surface area contributed by atoms with E-state index in [4.69, 9.17) is 0 Å². The van der Waals surface area contributed by atoms with E-state index in [0.717, 1.165) is 17.1 Å². The van der Waals surface area contributed by atoms with Crippen LogP contribution in [0.15, 0.2) is 273 Å². The zero-order chi connectivity index (χ0) is 43.4. The molecule has 0 N–H and O–H groups in total.